The van der Waals surface area contributed by atoms with Gasteiger partial charge < -0.3 is 0 Å². The van der Waals surface area contributed by atoms with Gasteiger partial charge in [-0.2, -0.15) is 0 Å². The first-order valence-electron chi connectivity index (χ1n) is 5.95. The molecule has 0 aromatic heterocycles. The van der Waals surface area contributed by atoms with Crippen LogP contribution in [0.3, 0.4) is 0 Å². The minimum atomic E-state index is -1.34. The molecule has 19 heavy (non-hydrogen) atoms. The lowest BCUT2D eigenvalue weighted by Crippen LogP contribution is -2.09. The third-order valence-electron chi connectivity index (χ3n) is 3.64. The normalized spacial score (nSPS) is 13.1. The molecule has 0 amide bonds. The highest BCUT2D eigenvalue weighted by molar-refractivity contribution is 5.68. The Hall–Kier alpha value is -1.84. The predicted molar refractivity (Wildman–Crippen MR) is 63.9 cm³/mol. The number of benzene rings is 2. The van der Waals surface area contributed by atoms with E-state index in [4.69, 9.17) is 0 Å². The van der Waals surface area contributed by atoms with E-state index in [9.17, 15) is 17.6 Å². The summed E-state index contributed by atoms with van der Waals surface area (Å²) in [4.78, 5) is 0. The molecule has 1 aliphatic rings. The van der Waals surface area contributed by atoms with E-state index in [1.54, 1.807) is 12.1 Å². The number of hydrogen-bond acceptors (Lipinski definition) is 0. The molecule has 98 valence electrons. The Kier molecular flexibility index (Phi) is 2.62. The van der Waals surface area contributed by atoms with Gasteiger partial charge in [-0.1, -0.05) is 18.2 Å². The van der Waals surface area contributed by atoms with Gasteiger partial charge in [0.2, 0.25) is 0 Å². The van der Waals surface area contributed by atoms with Crippen LogP contribution < -0.4 is 0 Å². The second-order valence-corrected chi connectivity index (χ2v) is 4.74. The smallest absolute Gasteiger partial charge is 0.170 e. The molecular weight excluding hydrogens is 256 g/mol. The minimum Gasteiger partial charge on any atom is -0.203 e. The molecule has 0 atom stereocenters. The van der Waals surface area contributed by atoms with Gasteiger partial charge in [-0.3, -0.25) is 0 Å². The summed E-state index contributed by atoms with van der Waals surface area (Å²) in [5, 5.41) is 0. The molecular formula is C15H10F4. The molecule has 0 spiro atoms. The largest absolute Gasteiger partial charge is 0.203 e. The maximum Gasteiger partial charge on any atom is 0.170 e. The summed E-state index contributed by atoms with van der Waals surface area (Å²) < 4.78 is 54.8. The first-order valence-corrected chi connectivity index (χ1v) is 5.95. The number of hydrogen-bond donors (Lipinski definition) is 0. The summed E-state index contributed by atoms with van der Waals surface area (Å²) in [6, 6.07) is 4.82. The van der Waals surface area contributed by atoms with Gasteiger partial charge in [-0.15, -0.1) is 0 Å². The summed E-state index contributed by atoms with van der Waals surface area (Å²) in [7, 11) is 0. The van der Waals surface area contributed by atoms with Crippen LogP contribution in [0.1, 0.15) is 16.7 Å². The molecule has 1 aliphatic carbocycles. The second kappa shape index (κ2) is 4.08. The first kappa shape index (κ1) is 12.2. The number of halogens is 4. The fourth-order valence-electron chi connectivity index (χ4n) is 2.35. The van der Waals surface area contributed by atoms with Gasteiger partial charge in [-0.25, -0.2) is 17.6 Å². The monoisotopic (exact) mass is 266 g/mol. The standard InChI is InChI=1S/C15H10F4/c1-7-12(16)14(18)11(15(19)13(7)17)10-5-3-8-2-4-9(8)6-10/h3,5-6H,2,4H2,1H3. The lowest BCUT2D eigenvalue weighted by atomic mass is 9.86. The van der Waals surface area contributed by atoms with Crippen LogP contribution in [0.2, 0.25) is 0 Å². The van der Waals surface area contributed by atoms with Crippen LogP contribution in [-0.2, 0) is 12.8 Å². The average Bonchev–Trinajstić information content (AvgIpc) is 2.37. The molecule has 0 bridgehead atoms. The van der Waals surface area contributed by atoms with Gasteiger partial charge in [0.15, 0.2) is 23.3 Å². The highest BCUT2D eigenvalue weighted by Crippen LogP contribution is 2.34. The Bertz CT molecular complexity index is 660. The van der Waals surface area contributed by atoms with Gasteiger partial charge in [0.1, 0.15) is 0 Å². The second-order valence-electron chi connectivity index (χ2n) is 4.74. The van der Waals surface area contributed by atoms with Crippen molar-refractivity contribution in [3.63, 3.8) is 0 Å². The van der Waals surface area contributed by atoms with Gasteiger partial charge in [0.25, 0.3) is 0 Å². The van der Waals surface area contributed by atoms with E-state index in [1.165, 1.54) is 6.07 Å². The van der Waals surface area contributed by atoms with Crippen LogP contribution >= 0.6 is 0 Å². The number of fused-ring (bicyclic) bond motifs is 1. The zero-order valence-corrected chi connectivity index (χ0v) is 10.2. The lowest BCUT2D eigenvalue weighted by Gasteiger charge is -2.20. The topological polar surface area (TPSA) is 0 Å². The van der Waals surface area contributed by atoms with Crippen molar-refractivity contribution in [2.24, 2.45) is 0 Å². The maximum absolute atomic E-state index is 13.9. The van der Waals surface area contributed by atoms with Crippen molar-refractivity contribution in [3.05, 3.63) is 58.2 Å². The third kappa shape index (κ3) is 1.66. The van der Waals surface area contributed by atoms with Gasteiger partial charge >= 0.3 is 0 Å². The van der Waals surface area contributed by atoms with E-state index in [-0.39, 0.29) is 5.56 Å². The van der Waals surface area contributed by atoms with Crippen LogP contribution in [0.5, 0.6) is 0 Å². The highest BCUT2D eigenvalue weighted by atomic mass is 19.2. The lowest BCUT2D eigenvalue weighted by molar-refractivity contribution is 0.449. The van der Waals surface area contributed by atoms with E-state index in [0.29, 0.717) is 0 Å². The van der Waals surface area contributed by atoms with E-state index in [0.717, 1.165) is 30.9 Å². The molecule has 0 N–H and O–H groups in total. The zero-order valence-electron chi connectivity index (χ0n) is 10.2. The highest BCUT2D eigenvalue weighted by Gasteiger charge is 2.25. The Morgan fingerprint density at radius 3 is 1.84 bits per heavy atom. The molecule has 0 saturated heterocycles. The van der Waals surface area contributed by atoms with Crippen LogP contribution in [0.4, 0.5) is 17.6 Å². The third-order valence-corrected chi connectivity index (χ3v) is 3.64. The van der Waals surface area contributed by atoms with E-state index < -0.39 is 34.4 Å². The Balaban J connectivity index is 2.27. The van der Waals surface area contributed by atoms with Crippen molar-refractivity contribution in [2.75, 3.05) is 0 Å². The van der Waals surface area contributed by atoms with Crippen LogP contribution in [0.25, 0.3) is 11.1 Å². The summed E-state index contributed by atoms with van der Waals surface area (Å²) in [5.41, 5.74) is 0.986. The molecule has 0 saturated carbocycles. The van der Waals surface area contributed by atoms with Crippen molar-refractivity contribution in [2.45, 2.75) is 19.8 Å². The minimum absolute atomic E-state index is 0.172. The van der Waals surface area contributed by atoms with Crippen molar-refractivity contribution in [1.29, 1.82) is 0 Å². The Morgan fingerprint density at radius 2 is 1.37 bits per heavy atom. The molecule has 3 rings (SSSR count). The fraction of sp³-hybridized carbons (Fsp3) is 0.200. The van der Waals surface area contributed by atoms with Crippen molar-refractivity contribution in [3.8, 4) is 11.1 Å². The molecule has 0 nitrogen and oxygen atoms in total. The Labute approximate surface area is 107 Å². The molecule has 2 aromatic carbocycles. The quantitative estimate of drug-likeness (QED) is 0.532. The molecule has 4 heteroatoms. The van der Waals surface area contributed by atoms with E-state index >= 15 is 0 Å². The first-order chi connectivity index (χ1) is 9.00. The molecule has 2 aromatic rings. The van der Waals surface area contributed by atoms with E-state index in [1.807, 2.05) is 0 Å². The Morgan fingerprint density at radius 1 is 0.789 bits per heavy atom. The summed E-state index contributed by atoms with van der Waals surface area (Å²) in [6.45, 7) is 1.01. The fourth-order valence-corrected chi connectivity index (χ4v) is 2.35. The van der Waals surface area contributed by atoms with E-state index in [2.05, 4.69) is 0 Å². The molecule has 0 aliphatic heterocycles. The van der Waals surface area contributed by atoms with Crippen LogP contribution in [-0.4, -0.2) is 0 Å². The van der Waals surface area contributed by atoms with Crippen LogP contribution in [0.15, 0.2) is 18.2 Å². The zero-order chi connectivity index (χ0) is 13.7. The maximum atomic E-state index is 13.9. The summed E-state index contributed by atoms with van der Waals surface area (Å²) in [5.74, 6) is -5.35. The SMILES string of the molecule is Cc1c(F)c(F)c(-c2ccc3c(c2)CC3)c(F)c1F. The number of aryl methyl sites for hydroxylation is 2. The van der Waals surface area contributed by atoms with Gasteiger partial charge in [0.05, 0.1) is 5.56 Å². The average molecular weight is 266 g/mol. The van der Waals surface area contributed by atoms with Gasteiger partial charge in [-0.05, 0) is 36.5 Å². The molecule has 0 radical (unpaired) electrons. The molecule has 0 heterocycles. The van der Waals surface area contributed by atoms with Crippen LogP contribution in [0, 0.1) is 30.2 Å². The van der Waals surface area contributed by atoms with Crippen molar-refractivity contribution >= 4 is 0 Å². The van der Waals surface area contributed by atoms with Gasteiger partial charge in [0, 0.05) is 5.56 Å². The number of rotatable bonds is 1. The summed E-state index contributed by atoms with van der Waals surface area (Å²) >= 11 is 0. The molecule has 0 fully saturated rings. The molecule has 0 unspecified atom stereocenters. The summed E-state index contributed by atoms with van der Waals surface area (Å²) in [6.07, 6.45) is 1.75. The predicted octanol–water partition coefficient (Wildman–Crippen LogP) is 4.32. The van der Waals surface area contributed by atoms with Crippen molar-refractivity contribution in [1.82, 2.24) is 0 Å². The van der Waals surface area contributed by atoms with Crippen molar-refractivity contribution < 1.29 is 17.6 Å².